The molecule has 0 saturated heterocycles. The van der Waals surface area contributed by atoms with Crippen LogP contribution in [-0.4, -0.2) is 23.8 Å². The van der Waals surface area contributed by atoms with Gasteiger partial charge in [-0.1, -0.05) is 36.4 Å². The predicted molar refractivity (Wildman–Crippen MR) is 60.7 cm³/mol. The predicted octanol–water partition coefficient (Wildman–Crippen LogP) is 2.48. The van der Waals surface area contributed by atoms with Crippen molar-refractivity contribution in [1.29, 1.82) is 0 Å². The molecular weight excluding hydrogens is 186 g/mol. The maximum Gasteiger partial charge on any atom is 0.208 e. The highest BCUT2D eigenvalue weighted by molar-refractivity contribution is 6.08. The van der Waals surface area contributed by atoms with Crippen LogP contribution in [0.2, 0.25) is 0 Å². The number of nitrogens with zero attached hydrogens (tertiary/aromatic N) is 1. The number of Topliss-reactive ketones (excluding diaryl/α,β-unsaturated/α-hetero) is 1. The van der Waals surface area contributed by atoms with E-state index in [1.165, 1.54) is 0 Å². The molecule has 2 nitrogen and oxygen atoms in total. The summed E-state index contributed by atoms with van der Waals surface area (Å²) < 4.78 is 0. The largest absolute Gasteiger partial charge is 0.369 e. The van der Waals surface area contributed by atoms with Crippen molar-refractivity contribution in [3.63, 3.8) is 0 Å². The number of rotatable bonds is 3. The van der Waals surface area contributed by atoms with Gasteiger partial charge in [0.2, 0.25) is 5.78 Å². The molecule has 0 bridgehead atoms. The number of carbonyl (C=O) groups excluding carboxylic acids is 1. The highest BCUT2D eigenvalue weighted by atomic mass is 16.1. The van der Waals surface area contributed by atoms with Gasteiger partial charge in [0.25, 0.3) is 0 Å². The molecule has 1 heterocycles. The lowest BCUT2D eigenvalue weighted by molar-refractivity contribution is 0.0998. The number of benzene rings is 1. The van der Waals surface area contributed by atoms with Crippen LogP contribution in [-0.2, 0) is 0 Å². The molecule has 0 N–H and O–H groups in total. The lowest BCUT2D eigenvalue weighted by Crippen LogP contribution is -2.24. The zero-order valence-corrected chi connectivity index (χ0v) is 8.94. The first-order valence-corrected chi connectivity index (χ1v) is 5.37. The molecule has 2 heteroatoms. The summed E-state index contributed by atoms with van der Waals surface area (Å²) in [4.78, 5) is 14.2. The molecule has 0 fully saturated rings. The standard InChI is InChI=1S/C13H15NO/c1-2-14-10-6-9-12(14)13(15)11-7-4-3-5-8-11/h3-5,7-9H,2,6,10H2,1H3. The fraction of sp³-hybridized carbons (Fsp3) is 0.308. The Labute approximate surface area is 90.2 Å². The van der Waals surface area contributed by atoms with Gasteiger partial charge in [0, 0.05) is 18.7 Å². The van der Waals surface area contributed by atoms with Crippen molar-refractivity contribution in [2.75, 3.05) is 13.1 Å². The van der Waals surface area contributed by atoms with Crippen LogP contribution in [0.15, 0.2) is 42.1 Å². The van der Waals surface area contributed by atoms with E-state index >= 15 is 0 Å². The van der Waals surface area contributed by atoms with Gasteiger partial charge in [0.05, 0.1) is 5.70 Å². The van der Waals surface area contributed by atoms with Gasteiger partial charge in [-0.25, -0.2) is 0 Å². The van der Waals surface area contributed by atoms with Crippen LogP contribution < -0.4 is 0 Å². The number of hydrogen-bond acceptors (Lipinski definition) is 2. The van der Waals surface area contributed by atoms with Crippen LogP contribution >= 0.6 is 0 Å². The molecule has 15 heavy (non-hydrogen) atoms. The first kappa shape index (κ1) is 9.97. The Balaban J connectivity index is 2.22. The number of likely N-dealkylation sites (N-methyl/N-ethyl adjacent to an activating group) is 1. The minimum Gasteiger partial charge on any atom is -0.369 e. The average molecular weight is 201 g/mol. The average Bonchev–Trinajstić information content (AvgIpc) is 2.77. The van der Waals surface area contributed by atoms with E-state index in [0.29, 0.717) is 0 Å². The molecule has 78 valence electrons. The summed E-state index contributed by atoms with van der Waals surface area (Å²) in [6.45, 7) is 3.96. The van der Waals surface area contributed by atoms with Crippen LogP contribution in [0, 0.1) is 0 Å². The summed E-state index contributed by atoms with van der Waals surface area (Å²) in [5.74, 6) is 0.148. The molecule has 0 saturated carbocycles. The molecular formula is C13H15NO. The van der Waals surface area contributed by atoms with Crippen molar-refractivity contribution in [1.82, 2.24) is 4.90 Å². The molecule has 0 aromatic heterocycles. The highest BCUT2D eigenvalue weighted by Crippen LogP contribution is 2.18. The van der Waals surface area contributed by atoms with Crippen molar-refractivity contribution in [3.05, 3.63) is 47.7 Å². The summed E-state index contributed by atoms with van der Waals surface area (Å²) in [7, 11) is 0. The monoisotopic (exact) mass is 201 g/mol. The number of hydrogen-bond donors (Lipinski definition) is 0. The van der Waals surface area contributed by atoms with Crippen molar-refractivity contribution in [2.45, 2.75) is 13.3 Å². The lowest BCUT2D eigenvalue weighted by atomic mass is 10.1. The molecule has 1 aromatic carbocycles. The van der Waals surface area contributed by atoms with E-state index in [9.17, 15) is 4.79 Å². The van der Waals surface area contributed by atoms with Crippen LogP contribution in [0.4, 0.5) is 0 Å². The fourth-order valence-electron chi connectivity index (χ4n) is 1.91. The summed E-state index contributed by atoms with van der Waals surface area (Å²) >= 11 is 0. The molecule has 1 aliphatic rings. The zero-order chi connectivity index (χ0) is 10.7. The van der Waals surface area contributed by atoms with Gasteiger partial charge in [-0.3, -0.25) is 4.79 Å². The van der Waals surface area contributed by atoms with Crippen molar-refractivity contribution < 1.29 is 4.79 Å². The Morgan fingerprint density at radius 3 is 2.73 bits per heavy atom. The first-order valence-electron chi connectivity index (χ1n) is 5.37. The topological polar surface area (TPSA) is 20.3 Å². The minimum atomic E-state index is 0.148. The van der Waals surface area contributed by atoms with Crippen LogP contribution in [0.5, 0.6) is 0 Å². The van der Waals surface area contributed by atoms with Gasteiger partial charge < -0.3 is 4.90 Å². The summed E-state index contributed by atoms with van der Waals surface area (Å²) in [6.07, 6.45) is 3.03. The Morgan fingerprint density at radius 1 is 1.33 bits per heavy atom. The van der Waals surface area contributed by atoms with E-state index in [2.05, 4.69) is 11.8 Å². The third kappa shape index (κ3) is 1.94. The minimum absolute atomic E-state index is 0.148. The Bertz CT molecular complexity index is 381. The molecule has 0 unspecified atom stereocenters. The Kier molecular flexibility index (Phi) is 2.86. The van der Waals surface area contributed by atoms with E-state index in [0.717, 1.165) is 30.8 Å². The smallest absolute Gasteiger partial charge is 0.208 e. The summed E-state index contributed by atoms with van der Waals surface area (Å²) in [5.41, 5.74) is 1.65. The second-order valence-electron chi connectivity index (χ2n) is 3.65. The molecule has 0 aliphatic carbocycles. The maximum absolute atomic E-state index is 12.1. The number of allylic oxidation sites excluding steroid dienone is 1. The van der Waals surface area contributed by atoms with Gasteiger partial charge in [-0.2, -0.15) is 0 Å². The Hall–Kier alpha value is -1.57. The zero-order valence-electron chi connectivity index (χ0n) is 8.94. The quantitative estimate of drug-likeness (QED) is 0.700. The van der Waals surface area contributed by atoms with E-state index < -0.39 is 0 Å². The molecule has 1 aliphatic heterocycles. The molecule has 0 atom stereocenters. The molecule has 0 radical (unpaired) electrons. The normalized spacial score (nSPS) is 15.3. The van der Waals surface area contributed by atoms with Gasteiger partial charge in [-0.05, 0) is 13.3 Å². The molecule has 0 spiro atoms. The SMILES string of the molecule is CCN1CCC=C1C(=O)c1ccccc1. The maximum atomic E-state index is 12.1. The van der Waals surface area contributed by atoms with Gasteiger partial charge in [-0.15, -0.1) is 0 Å². The second kappa shape index (κ2) is 4.30. The second-order valence-corrected chi connectivity index (χ2v) is 3.65. The third-order valence-electron chi connectivity index (χ3n) is 2.73. The van der Waals surface area contributed by atoms with E-state index in [1.54, 1.807) is 0 Å². The van der Waals surface area contributed by atoms with Gasteiger partial charge >= 0.3 is 0 Å². The first-order chi connectivity index (χ1) is 7.33. The van der Waals surface area contributed by atoms with Crippen LogP contribution in [0.1, 0.15) is 23.7 Å². The van der Waals surface area contributed by atoms with Gasteiger partial charge in [0.1, 0.15) is 0 Å². The van der Waals surface area contributed by atoms with Crippen molar-refractivity contribution >= 4 is 5.78 Å². The molecule has 0 amide bonds. The lowest BCUT2D eigenvalue weighted by Gasteiger charge is -2.18. The highest BCUT2D eigenvalue weighted by Gasteiger charge is 2.20. The van der Waals surface area contributed by atoms with Crippen LogP contribution in [0.3, 0.4) is 0 Å². The van der Waals surface area contributed by atoms with Crippen molar-refractivity contribution in [2.24, 2.45) is 0 Å². The number of ketones is 1. The molecule has 2 rings (SSSR count). The summed E-state index contributed by atoms with van der Waals surface area (Å²) in [6, 6.07) is 9.47. The van der Waals surface area contributed by atoms with Gasteiger partial charge in [0.15, 0.2) is 0 Å². The number of carbonyl (C=O) groups is 1. The van der Waals surface area contributed by atoms with Crippen molar-refractivity contribution in [3.8, 4) is 0 Å². The Morgan fingerprint density at radius 2 is 2.07 bits per heavy atom. The summed E-state index contributed by atoms with van der Waals surface area (Å²) in [5, 5.41) is 0. The van der Waals surface area contributed by atoms with E-state index in [1.807, 2.05) is 36.4 Å². The van der Waals surface area contributed by atoms with Crippen LogP contribution in [0.25, 0.3) is 0 Å². The fourth-order valence-corrected chi connectivity index (χ4v) is 1.91. The van der Waals surface area contributed by atoms with E-state index in [4.69, 9.17) is 0 Å². The molecule has 1 aromatic rings. The van der Waals surface area contributed by atoms with E-state index in [-0.39, 0.29) is 5.78 Å². The third-order valence-corrected chi connectivity index (χ3v) is 2.73.